The summed E-state index contributed by atoms with van der Waals surface area (Å²) in [7, 11) is -3.73. The maximum Gasteiger partial charge on any atom is 0.242 e. The molecule has 0 aliphatic carbocycles. The van der Waals surface area contributed by atoms with E-state index in [9.17, 15) is 22.4 Å². The minimum absolute atomic E-state index is 0.0158. The van der Waals surface area contributed by atoms with Crippen molar-refractivity contribution >= 4 is 21.8 Å². The second-order valence-corrected chi connectivity index (χ2v) is 10.5. The number of hydrogen-bond acceptors (Lipinski definition) is 4. The number of amides is 2. The van der Waals surface area contributed by atoms with Crippen molar-refractivity contribution in [3.63, 3.8) is 0 Å². The zero-order valence-electron chi connectivity index (χ0n) is 20.3. The standard InChI is InChI=1S/C27H30FN3O4S/c1-21(27(33)29-17-22-9-5-3-6-10-22)31(19-24-13-15-25(28)16-14-24)26(32)20-30(36(2,34)35)18-23-11-7-4-8-12-23/h3-16,21H,17-20H2,1-2H3,(H,29,33)/t21-/m1/s1. The van der Waals surface area contributed by atoms with Gasteiger partial charge in [-0.1, -0.05) is 72.8 Å². The van der Waals surface area contributed by atoms with Crippen LogP contribution in [0.2, 0.25) is 0 Å². The first-order chi connectivity index (χ1) is 17.1. The molecule has 0 spiro atoms. The number of nitrogens with zero attached hydrogens (tertiary/aromatic N) is 2. The van der Waals surface area contributed by atoms with Crippen molar-refractivity contribution in [3.05, 3.63) is 107 Å². The molecule has 1 atom stereocenters. The molecule has 0 heterocycles. The molecular formula is C27H30FN3O4S. The number of rotatable bonds is 11. The highest BCUT2D eigenvalue weighted by Gasteiger charge is 2.29. The summed E-state index contributed by atoms with van der Waals surface area (Å²) in [5, 5.41) is 2.83. The highest BCUT2D eigenvalue weighted by Crippen LogP contribution is 2.14. The molecule has 1 N–H and O–H groups in total. The minimum atomic E-state index is -3.73. The molecule has 0 saturated carbocycles. The molecule has 0 fully saturated rings. The van der Waals surface area contributed by atoms with Crippen molar-refractivity contribution < 1.29 is 22.4 Å². The van der Waals surface area contributed by atoms with Crippen molar-refractivity contribution in [2.24, 2.45) is 0 Å². The summed E-state index contributed by atoms with van der Waals surface area (Å²) in [5.41, 5.74) is 2.25. The van der Waals surface area contributed by atoms with Crippen LogP contribution in [0.15, 0.2) is 84.9 Å². The van der Waals surface area contributed by atoms with Gasteiger partial charge in [0.25, 0.3) is 0 Å². The maximum absolute atomic E-state index is 13.4. The van der Waals surface area contributed by atoms with E-state index in [-0.39, 0.29) is 25.5 Å². The topological polar surface area (TPSA) is 86.8 Å². The van der Waals surface area contributed by atoms with Gasteiger partial charge in [0.1, 0.15) is 11.9 Å². The third kappa shape index (κ3) is 8.00. The normalized spacial score (nSPS) is 12.2. The van der Waals surface area contributed by atoms with Crippen LogP contribution in [0.4, 0.5) is 4.39 Å². The number of halogens is 1. The number of carbonyl (C=O) groups excluding carboxylic acids is 2. The quantitative estimate of drug-likeness (QED) is 0.428. The van der Waals surface area contributed by atoms with Crippen LogP contribution in [0.25, 0.3) is 0 Å². The molecule has 3 aromatic rings. The molecule has 190 valence electrons. The SMILES string of the molecule is C[C@H](C(=O)NCc1ccccc1)N(Cc1ccc(F)cc1)C(=O)CN(Cc1ccccc1)S(C)(=O)=O. The van der Waals surface area contributed by atoms with Gasteiger partial charge in [0, 0.05) is 19.6 Å². The molecule has 0 radical (unpaired) electrons. The molecule has 7 nitrogen and oxygen atoms in total. The first-order valence-corrected chi connectivity index (χ1v) is 13.3. The van der Waals surface area contributed by atoms with Crippen LogP contribution < -0.4 is 5.32 Å². The Balaban J connectivity index is 1.80. The van der Waals surface area contributed by atoms with Crippen LogP contribution in [0, 0.1) is 5.82 Å². The lowest BCUT2D eigenvalue weighted by Gasteiger charge is -2.31. The highest BCUT2D eigenvalue weighted by molar-refractivity contribution is 7.88. The monoisotopic (exact) mass is 511 g/mol. The third-order valence-electron chi connectivity index (χ3n) is 5.73. The van der Waals surface area contributed by atoms with Crippen molar-refractivity contribution in [3.8, 4) is 0 Å². The Labute approximate surface area is 211 Å². The summed E-state index contributed by atoms with van der Waals surface area (Å²) < 4.78 is 39.5. The van der Waals surface area contributed by atoms with E-state index < -0.39 is 34.3 Å². The Hall–Kier alpha value is -3.56. The highest BCUT2D eigenvalue weighted by atomic mass is 32.2. The lowest BCUT2D eigenvalue weighted by Crippen LogP contribution is -2.50. The zero-order valence-corrected chi connectivity index (χ0v) is 21.1. The third-order valence-corrected chi connectivity index (χ3v) is 6.92. The molecule has 3 aromatic carbocycles. The predicted octanol–water partition coefficient (Wildman–Crippen LogP) is 3.32. The van der Waals surface area contributed by atoms with Gasteiger partial charge >= 0.3 is 0 Å². The average molecular weight is 512 g/mol. The molecule has 3 rings (SSSR count). The molecule has 2 amide bonds. The van der Waals surface area contributed by atoms with Gasteiger partial charge < -0.3 is 10.2 Å². The summed E-state index contributed by atoms with van der Waals surface area (Å²) in [6.07, 6.45) is 1.05. The molecular weight excluding hydrogens is 481 g/mol. The van der Waals surface area contributed by atoms with Gasteiger partial charge in [-0.05, 0) is 35.7 Å². The maximum atomic E-state index is 13.4. The van der Waals surface area contributed by atoms with Crippen molar-refractivity contribution in [1.82, 2.24) is 14.5 Å². The van der Waals surface area contributed by atoms with Gasteiger partial charge in [-0.15, -0.1) is 0 Å². The molecule has 0 aromatic heterocycles. The van der Waals surface area contributed by atoms with Gasteiger partial charge in [0.05, 0.1) is 12.8 Å². The Morgan fingerprint density at radius 3 is 1.92 bits per heavy atom. The average Bonchev–Trinajstić information content (AvgIpc) is 2.86. The molecule has 36 heavy (non-hydrogen) atoms. The van der Waals surface area contributed by atoms with Crippen LogP contribution in [0.3, 0.4) is 0 Å². The fourth-order valence-corrected chi connectivity index (χ4v) is 4.35. The van der Waals surface area contributed by atoms with E-state index >= 15 is 0 Å². The smallest absolute Gasteiger partial charge is 0.242 e. The fraction of sp³-hybridized carbons (Fsp3) is 0.259. The summed E-state index contributed by atoms with van der Waals surface area (Å²) in [6, 6.07) is 23.0. The molecule has 9 heteroatoms. The Kier molecular flexibility index (Phi) is 9.32. The van der Waals surface area contributed by atoms with E-state index in [1.807, 2.05) is 36.4 Å². The summed E-state index contributed by atoms with van der Waals surface area (Å²) >= 11 is 0. The van der Waals surface area contributed by atoms with Crippen molar-refractivity contribution in [2.45, 2.75) is 32.6 Å². The fourth-order valence-electron chi connectivity index (χ4n) is 3.62. The summed E-state index contributed by atoms with van der Waals surface area (Å²) in [4.78, 5) is 27.7. The van der Waals surface area contributed by atoms with E-state index in [1.165, 1.54) is 29.2 Å². The molecule has 0 bridgehead atoms. The van der Waals surface area contributed by atoms with Crippen LogP contribution in [-0.2, 0) is 39.2 Å². The van der Waals surface area contributed by atoms with E-state index in [4.69, 9.17) is 0 Å². The lowest BCUT2D eigenvalue weighted by molar-refractivity contribution is -0.140. The molecule has 0 aliphatic rings. The van der Waals surface area contributed by atoms with Gasteiger partial charge in [0.2, 0.25) is 21.8 Å². The Bertz CT molecular complexity index is 1250. The lowest BCUT2D eigenvalue weighted by atomic mass is 10.1. The molecule has 0 saturated heterocycles. The van der Waals surface area contributed by atoms with E-state index in [1.54, 1.807) is 31.2 Å². The predicted molar refractivity (Wildman–Crippen MR) is 136 cm³/mol. The number of sulfonamides is 1. The summed E-state index contributed by atoms with van der Waals surface area (Å²) in [5.74, 6) is -1.34. The largest absolute Gasteiger partial charge is 0.350 e. The first kappa shape index (κ1) is 27.0. The van der Waals surface area contributed by atoms with Crippen molar-refractivity contribution in [1.29, 1.82) is 0 Å². The van der Waals surface area contributed by atoms with Gasteiger partial charge in [-0.25, -0.2) is 12.8 Å². The Morgan fingerprint density at radius 2 is 1.36 bits per heavy atom. The van der Waals surface area contributed by atoms with Crippen molar-refractivity contribution in [2.75, 3.05) is 12.8 Å². The van der Waals surface area contributed by atoms with Gasteiger partial charge in [0.15, 0.2) is 0 Å². The van der Waals surface area contributed by atoms with Gasteiger partial charge in [-0.2, -0.15) is 4.31 Å². The van der Waals surface area contributed by atoms with Crippen LogP contribution in [0.1, 0.15) is 23.6 Å². The van der Waals surface area contributed by atoms with E-state index in [0.29, 0.717) is 5.56 Å². The zero-order chi connectivity index (χ0) is 26.1. The van der Waals surface area contributed by atoms with Crippen LogP contribution in [-0.4, -0.2) is 48.3 Å². The molecule has 0 aliphatic heterocycles. The number of hydrogen-bond donors (Lipinski definition) is 1. The number of carbonyl (C=O) groups is 2. The second-order valence-electron chi connectivity index (χ2n) is 8.54. The number of nitrogens with one attached hydrogen (secondary N) is 1. The van der Waals surface area contributed by atoms with Gasteiger partial charge in [-0.3, -0.25) is 9.59 Å². The second kappa shape index (κ2) is 12.4. The Morgan fingerprint density at radius 1 is 0.833 bits per heavy atom. The van der Waals surface area contributed by atoms with Crippen LogP contribution in [0.5, 0.6) is 0 Å². The molecule has 0 unspecified atom stereocenters. The van der Waals surface area contributed by atoms with E-state index in [2.05, 4.69) is 5.32 Å². The summed E-state index contributed by atoms with van der Waals surface area (Å²) in [6.45, 7) is 1.47. The minimum Gasteiger partial charge on any atom is -0.350 e. The first-order valence-electron chi connectivity index (χ1n) is 11.5. The van der Waals surface area contributed by atoms with Crippen LogP contribution >= 0.6 is 0 Å². The number of benzene rings is 3. The van der Waals surface area contributed by atoms with E-state index in [0.717, 1.165) is 21.7 Å².